The lowest BCUT2D eigenvalue weighted by Gasteiger charge is -2.51. The molecule has 0 bridgehead atoms. The van der Waals surface area contributed by atoms with Crippen LogP contribution in [0.2, 0.25) is 0 Å². The first kappa shape index (κ1) is 12.2. The molecule has 1 atom stereocenters. The molecule has 2 nitrogen and oxygen atoms in total. The van der Waals surface area contributed by atoms with Gasteiger partial charge in [-0.2, -0.15) is 0 Å². The Kier molecular flexibility index (Phi) is 3.40. The van der Waals surface area contributed by atoms with Gasteiger partial charge in [-0.3, -0.25) is 4.90 Å². The summed E-state index contributed by atoms with van der Waals surface area (Å²) in [5, 5.41) is 0. The predicted octanol–water partition coefficient (Wildman–Crippen LogP) is 2.92. The minimum atomic E-state index is 0.120. The summed E-state index contributed by atoms with van der Waals surface area (Å²) in [6.07, 6.45) is 7.76. The molecule has 1 heterocycles. The Bertz CT molecular complexity index is 383. The van der Waals surface area contributed by atoms with E-state index in [1.54, 1.807) is 0 Å². The molecule has 1 saturated heterocycles. The van der Waals surface area contributed by atoms with Gasteiger partial charge in [-0.1, -0.05) is 36.8 Å². The summed E-state index contributed by atoms with van der Waals surface area (Å²) in [6.45, 7) is 2.29. The van der Waals surface area contributed by atoms with Gasteiger partial charge in [-0.25, -0.2) is 0 Å². The van der Waals surface area contributed by atoms with Crippen LogP contribution in [0.25, 0.3) is 0 Å². The average Bonchev–Trinajstić information content (AvgIpc) is 2.38. The minimum Gasteiger partial charge on any atom is -0.324 e. The van der Waals surface area contributed by atoms with E-state index in [4.69, 9.17) is 5.73 Å². The SMILES string of the molecule is NC1(C2CCCCN2Cc2ccccc2)CCC1. The molecule has 1 aliphatic heterocycles. The molecular formula is C16H24N2. The molecule has 1 saturated carbocycles. The summed E-state index contributed by atoms with van der Waals surface area (Å²) in [6, 6.07) is 11.4. The molecule has 3 rings (SSSR count). The van der Waals surface area contributed by atoms with Gasteiger partial charge in [0.15, 0.2) is 0 Å². The van der Waals surface area contributed by atoms with Gasteiger partial charge in [0.05, 0.1) is 0 Å². The van der Waals surface area contributed by atoms with Crippen LogP contribution in [-0.4, -0.2) is 23.0 Å². The second-order valence-electron chi connectivity index (χ2n) is 6.05. The topological polar surface area (TPSA) is 29.3 Å². The van der Waals surface area contributed by atoms with Gasteiger partial charge in [-0.15, -0.1) is 0 Å². The summed E-state index contributed by atoms with van der Waals surface area (Å²) < 4.78 is 0. The van der Waals surface area contributed by atoms with Crippen molar-refractivity contribution in [1.82, 2.24) is 4.90 Å². The van der Waals surface area contributed by atoms with E-state index in [0.29, 0.717) is 6.04 Å². The number of rotatable bonds is 3. The van der Waals surface area contributed by atoms with Gasteiger partial charge in [0.1, 0.15) is 0 Å². The fourth-order valence-corrected chi connectivity index (χ4v) is 3.57. The van der Waals surface area contributed by atoms with Crippen LogP contribution >= 0.6 is 0 Å². The van der Waals surface area contributed by atoms with Crippen molar-refractivity contribution >= 4 is 0 Å². The molecular weight excluding hydrogens is 220 g/mol. The Balaban J connectivity index is 1.72. The van der Waals surface area contributed by atoms with Crippen molar-refractivity contribution in [3.8, 4) is 0 Å². The quantitative estimate of drug-likeness (QED) is 0.886. The van der Waals surface area contributed by atoms with E-state index in [2.05, 4.69) is 35.2 Å². The molecule has 2 heteroatoms. The zero-order chi connectivity index (χ0) is 12.4. The van der Waals surface area contributed by atoms with Crippen molar-refractivity contribution in [3.63, 3.8) is 0 Å². The van der Waals surface area contributed by atoms with Gasteiger partial charge in [0, 0.05) is 18.1 Å². The first-order valence-corrected chi connectivity index (χ1v) is 7.35. The molecule has 1 unspecified atom stereocenters. The van der Waals surface area contributed by atoms with Crippen LogP contribution in [0.4, 0.5) is 0 Å². The number of nitrogens with zero attached hydrogens (tertiary/aromatic N) is 1. The first-order valence-electron chi connectivity index (χ1n) is 7.35. The van der Waals surface area contributed by atoms with Gasteiger partial charge in [0.2, 0.25) is 0 Å². The van der Waals surface area contributed by atoms with Gasteiger partial charge in [0.25, 0.3) is 0 Å². The molecule has 0 aromatic heterocycles. The number of hydrogen-bond donors (Lipinski definition) is 1. The van der Waals surface area contributed by atoms with Gasteiger partial charge >= 0.3 is 0 Å². The zero-order valence-electron chi connectivity index (χ0n) is 11.1. The number of hydrogen-bond acceptors (Lipinski definition) is 2. The van der Waals surface area contributed by atoms with E-state index < -0.39 is 0 Å². The standard InChI is InChI=1S/C16H24N2/c17-16(10-6-11-16)15-9-4-5-12-18(15)13-14-7-2-1-3-8-14/h1-3,7-8,15H,4-6,9-13,17H2. The largest absolute Gasteiger partial charge is 0.324 e. The van der Waals surface area contributed by atoms with Crippen LogP contribution in [-0.2, 0) is 6.54 Å². The van der Waals surface area contributed by atoms with Gasteiger partial charge < -0.3 is 5.73 Å². The van der Waals surface area contributed by atoms with Crippen LogP contribution in [0.5, 0.6) is 0 Å². The van der Waals surface area contributed by atoms with E-state index in [0.717, 1.165) is 6.54 Å². The highest BCUT2D eigenvalue weighted by atomic mass is 15.2. The summed E-state index contributed by atoms with van der Waals surface area (Å²) in [7, 11) is 0. The smallest absolute Gasteiger partial charge is 0.0312 e. The van der Waals surface area contributed by atoms with Crippen molar-refractivity contribution in [2.24, 2.45) is 5.73 Å². The van der Waals surface area contributed by atoms with Crippen molar-refractivity contribution in [3.05, 3.63) is 35.9 Å². The van der Waals surface area contributed by atoms with E-state index in [9.17, 15) is 0 Å². The van der Waals surface area contributed by atoms with Crippen LogP contribution < -0.4 is 5.73 Å². The summed E-state index contributed by atoms with van der Waals surface area (Å²) in [5.74, 6) is 0. The third kappa shape index (κ3) is 2.32. The second kappa shape index (κ2) is 5.02. The molecule has 0 amide bonds. The molecule has 0 spiro atoms. The highest BCUT2D eigenvalue weighted by molar-refractivity contribution is 5.15. The molecule has 2 aliphatic rings. The maximum absolute atomic E-state index is 6.58. The molecule has 2 N–H and O–H groups in total. The van der Waals surface area contributed by atoms with Gasteiger partial charge in [-0.05, 0) is 44.2 Å². The molecule has 2 fully saturated rings. The summed E-state index contributed by atoms with van der Waals surface area (Å²) in [4.78, 5) is 2.64. The van der Waals surface area contributed by atoms with Crippen molar-refractivity contribution in [2.75, 3.05) is 6.54 Å². The molecule has 18 heavy (non-hydrogen) atoms. The van der Waals surface area contributed by atoms with Crippen LogP contribution in [0, 0.1) is 0 Å². The first-order chi connectivity index (χ1) is 8.78. The molecule has 1 aromatic carbocycles. The molecule has 1 aliphatic carbocycles. The number of nitrogens with two attached hydrogens (primary N) is 1. The highest BCUT2D eigenvalue weighted by Gasteiger charge is 2.43. The second-order valence-corrected chi connectivity index (χ2v) is 6.05. The Labute approximate surface area is 110 Å². The average molecular weight is 244 g/mol. The maximum atomic E-state index is 6.58. The van der Waals surface area contributed by atoms with Crippen LogP contribution in [0.3, 0.4) is 0 Å². The van der Waals surface area contributed by atoms with Crippen molar-refractivity contribution in [1.29, 1.82) is 0 Å². The Morgan fingerprint density at radius 1 is 1.11 bits per heavy atom. The van der Waals surface area contributed by atoms with E-state index >= 15 is 0 Å². The molecule has 0 radical (unpaired) electrons. The molecule has 98 valence electrons. The monoisotopic (exact) mass is 244 g/mol. The van der Waals surface area contributed by atoms with Crippen LogP contribution in [0.15, 0.2) is 30.3 Å². The number of piperidine rings is 1. The third-order valence-electron chi connectivity index (χ3n) is 4.79. The lowest BCUT2D eigenvalue weighted by atomic mass is 9.69. The number of likely N-dealkylation sites (tertiary alicyclic amines) is 1. The van der Waals surface area contributed by atoms with Crippen LogP contribution in [0.1, 0.15) is 44.1 Å². The lowest BCUT2D eigenvalue weighted by Crippen LogP contribution is -2.63. The molecule has 1 aromatic rings. The Morgan fingerprint density at radius 2 is 1.89 bits per heavy atom. The van der Waals surface area contributed by atoms with E-state index in [-0.39, 0.29) is 5.54 Å². The Hall–Kier alpha value is -0.860. The minimum absolute atomic E-state index is 0.120. The zero-order valence-corrected chi connectivity index (χ0v) is 11.1. The van der Waals surface area contributed by atoms with Crippen molar-refractivity contribution < 1.29 is 0 Å². The highest BCUT2D eigenvalue weighted by Crippen LogP contribution is 2.39. The third-order valence-corrected chi connectivity index (χ3v) is 4.79. The summed E-state index contributed by atoms with van der Waals surface area (Å²) in [5.41, 5.74) is 8.12. The van der Waals surface area contributed by atoms with E-state index in [1.165, 1.54) is 50.6 Å². The normalized spacial score (nSPS) is 27.7. The van der Waals surface area contributed by atoms with E-state index in [1.807, 2.05) is 0 Å². The summed E-state index contributed by atoms with van der Waals surface area (Å²) >= 11 is 0. The fourth-order valence-electron chi connectivity index (χ4n) is 3.57. The predicted molar refractivity (Wildman–Crippen MR) is 75.3 cm³/mol. The Morgan fingerprint density at radius 3 is 2.56 bits per heavy atom. The number of benzene rings is 1. The maximum Gasteiger partial charge on any atom is 0.0312 e. The van der Waals surface area contributed by atoms with Crippen molar-refractivity contribution in [2.45, 2.75) is 56.7 Å². The lowest BCUT2D eigenvalue weighted by molar-refractivity contribution is 0.0343. The fraction of sp³-hybridized carbons (Fsp3) is 0.625.